The lowest BCUT2D eigenvalue weighted by Gasteiger charge is -2.43. The Labute approximate surface area is 175 Å². The Morgan fingerprint density at radius 3 is 2.93 bits per heavy atom. The normalized spacial score (nSPS) is 23.6. The number of hydrogen-bond acceptors (Lipinski definition) is 4. The molecular weight excluding hydrogens is 396 g/mol. The monoisotopic (exact) mass is 422 g/mol. The highest BCUT2D eigenvalue weighted by Gasteiger charge is 2.41. The van der Waals surface area contributed by atoms with Gasteiger partial charge in [0, 0.05) is 36.6 Å². The number of nitrogens with one attached hydrogen (secondary N) is 1. The Bertz CT molecular complexity index is 740. The summed E-state index contributed by atoms with van der Waals surface area (Å²) in [5.41, 5.74) is 0.832. The van der Waals surface area contributed by atoms with E-state index in [0.717, 1.165) is 31.2 Å². The van der Waals surface area contributed by atoms with Crippen LogP contribution in [0.2, 0.25) is 5.02 Å². The first kappa shape index (κ1) is 21.2. The number of ether oxygens (including phenoxy) is 1. The molecular formula is C21H27ClN2O3S. The zero-order chi connectivity index (χ0) is 19.9. The largest absolute Gasteiger partial charge is 0.385 e. The minimum atomic E-state index is -0.113. The number of amides is 2. The molecule has 1 heterocycles. The van der Waals surface area contributed by atoms with Crippen LogP contribution < -0.4 is 5.32 Å². The number of halogens is 1. The average molecular weight is 423 g/mol. The molecule has 0 bridgehead atoms. The van der Waals surface area contributed by atoms with Gasteiger partial charge in [0.25, 0.3) is 5.91 Å². The highest BCUT2D eigenvalue weighted by molar-refractivity contribution is 8.04. The average Bonchev–Trinajstić information content (AvgIpc) is 2.70. The molecule has 1 saturated heterocycles. The number of benzene rings is 1. The predicted molar refractivity (Wildman–Crippen MR) is 114 cm³/mol. The molecule has 2 fully saturated rings. The summed E-state index contributed by atoms with van der Waals surface area (Å²) < 4.78 is 5.00. The van der Waals surface area contributed by atoms with Crippen molar-refractivity contribution in [1.82, 2.24) is 10.2 Å². The fourth-order valence-corrected chi connectivity index (χ4v) is 5.40. The van der Waals surface area contributed by atoms with E-state index in [-0.39, 0.29) is 24.4 Å². The molecule has 1 N–H and O–H groups in total. The minimum Gasteiger partial charge on any atom is -0.385 e. The Kier molecular flexibility index (Phi) is 7.82. The van der Waals surface area contributed by atoms with Crippen LogP contribution in [0.4, 0.5) is 0 Å². The summed E-state index contributed by atoms with van der Waals surface area (Å²) in [5, 5.41) is 3.85. The second kappa shape index (κ2) is 10.3. The lowest BCUT2D eigenvalue weighted by molar-refractivity contribution is -0.135. The highest BCUT2D eigenvalue weighted by atomic mass is 35.5. The van der Waals surface area contributed by atoms with E-state index in [0.29, 0.717) is 28.3 Å². The molecule has 28 heavy (non-hydrogen) atoms. The standard InChI is InChI=1S/C21H27ClN2O3S/c1-27-12-6-11-23-20(25)14-24-17-9-4-5-10-18(17)28-19(21(24)26)13-15-7-2-3-8-16(15)22/h2-3,7-8,13,17-18H,4-6,9-12,14H2,1H3,(H,23,25)/b19-13+. The predicted octanol–water partition coefficient (Wildman–Crippen LogP) is 3.72. The molecule has 2 amide bonds. The van der Waals surface area contributed by atoms with Gasteiger partial charge in [-0.1, -0.05) is 42.6 Å². The molecule has 152 valence electrons. The van der Waals surface area contributed by atoms with E-state index < -0.39 is 0 Å². The van der Waals surface area contributed by atoms with Crippen molar-refractivity contribution >= 4 is 41.3 Å². The van der Waals surface area contributed by atoms with Gasteiger partial charge in [-0.3, -0.25) is 9.59 Å². The molecule has 1 aromatic carbocycles. The first-order chi connectivity index (χ1) is 13.6. The summed E-state index contributed by atoms with van der Waals surface area (Å²) in [4.78, 5) is 28.1. The molecule has 5 nitrogen and oxygen atoms in total. The first-order valence-electron chi connectivity index (χ1n) is 9.79. The van der Waals surface area contributed by atoms with Gasteiger partial charge in [0.2, 0.25) is 5.91 Å². The number of methoxy groups -OCH3 is 1. The summed E-state index contributed by atoms with van der Waals surface area (Å²) in [6.45, 7) is 1.27. The van der Waals surface area contributed by atoms with Crippen LogP contribution in [0.15, 0.2) is 29.2 Å². The fraction of sp³-hybridized carbons (Fsp3) is 0.524. The van der Waals surface area contributed by atoms with Crippen molar-refractivity contribution in [3.63, 3.8) is 0 Å². The van der Waals surface area contributed by atoms with Crippen LogP contribution in [0.3, 0.4) is 0 Å². The molecule has 2 unspecified atom stereocenters. The van der Waals surface area contributed by atoms with Crippen LogP contribution in [0, 0.1) is 0 Å². The van der Waals surface area contributed by atoms with Gasteiger partial charge in [0.15, 0.2) is 0 Å². The summed E-state index contributed by atoms with van der Waals surface area (Å²) in [6, 6.07) is 7.63. The number of carbonyl (C=O) groups excluding carboxylic acids is 2. The third-order valence-electron chi connectivity index (χ3n) is 5.17. The Balaban J connectivity index is 1.75. The summed E-state index contributed by atoms with van der Waals surface area (Å²) >= 11 is 7.92. The van der Waals surface area contributed by atoms with Gasteiger partial charge in [0.1, 0.15) is 6.54 Å². The van der Waals surface area contributed by atoms with Gasteiger partial charge in [-0.25, -0.2) is 0 Å². The molecule has 2 aliphatic rings. The number of thioether (sulfide) groups is 1. The maximum atomic E-state index is 13.2. The second-order valence-electron chi connectivity index (χ2n) is 7.17. The maximum absolute atomic E-state index is 13.2. The van der Waals surface area contributed by atoms with Crippen molar-refractivity contribution in [1.29, 1.82) is 0 Å². The van der Waals surface area contributed by atoms with Crippen molar-refractivity contribution in [2.45, 2.75) is 43.4 Å². The second-order valence-corrected chi connectivity index (χ2v) is 8.86. The number of hydrogen-bond donors (Lipinski definition) is 1. The first-order valence-corrected chi connectivity index (χ1v) is 11.1. The summed E-state index contributed by atoms with van der Waals surface area (Å²) in [5.74, 6) is -0.183. The van der Waals surface area contributed by atoms with E-state index >= 15 is 0 Å². The van der Waals surface area contributed by atoms with Crippen LogP contribution in [0.5, 0.6) is 0 Å². The number of rotatable bonds is 7. The fourth-order valence-electron chi connectivity index (χ4n) is 3.75. The van der Waals surface area contributed by atoms with Crippen molar-refractivity contribution in [2.24, 2.45) is 0 Å². The van der Waals surface area contributed by atoms with Gasteiger partial charge < -0.3 is 15.0 Å². The molecule has 1 saturated carbocycles. The van der Waals surface area contributed by atoms with Crippen molar-refractivity contribution in [3.8, 4) is 0 Å². The molecule has 0 aromatic heterocycles. The van der Waals surface area contributed by atoms with Gasteiger partial charge in [-0.05, 0) is 37.0 Å². The van der Waals surface area contributed by atoms with E-state index in [1.165, 1.54) is 6.42 Å². The maximum Gasteiger partial charge on any atom is 0.261 e. The van der Waals surface area contributed by atoms with Gasteiger partial charge in [0.05, 0.1) is 4.91 Å². The molecule has 1 aliphatic heterocycles. The van der Waals surface area contributed by atoms with Gasteiger partial charge >= 0.3 is 0 Å². The van der Waals surface area contributed by atoms with Gasteiger partial charge in [-0.15, -0.1) is 11.8 Å². The lowest BCUT2D eigenvalue weighted by Crippen LogP contribution is -2.54. The van der Waals surface area contributed by atoms with Gasteiger partial charge in [-0.2, -0.15) is 0 Å². The third kappa shape index (κ3) is 5.31. The topological polar surface area (TPSA) is 58.6 Å². The van der Waals surface area contributed by atoms with E-state index in [1.807, 2.05) is 30.3 Å². The van der Waals surface area contributed by atoms with Crippen LogP contribution in [0.25, 0.3) is 6.08 Å². The van der Waals surface area contributed by atoms with Crippen LogP contribution in [-0.4, -0.2) is 54.8 Å². The summed E-state index contributed by atoms with van der Waals surface area (Å²) in [7, 11) is 1.64. The number of nitrogens with zero attached hydrogens (tertiary/aromatic N) is 1. The molecule has 1 aromatic rings. The smallest absolute Gasteiger partial charge is 0.261 e. The van der Waals surface area contributed by atoms with E-state index in [9.17, 15) is 9.59 Å². The van der Waals surface area contributed by atoms with Crippen LogP contribution >= 0.6 is 23.4 Å². The number of carbonyl (C=O) groups is 2. The van der Waals surface area contributed by atoms with Crippen LogP contribution in [-0.2, 0) is 14.3 Å². The zero-order valence-electron chi connectivity index (χ0n) is 16.2. The van der Waals surface area contributed by atoms with E-state index in [2.05, 4.69) is 5.32 Å². The lowest BCUT2D eigenvalue weighted by atomic mass is 9.93. The molecule has 3 rings (SSSR count). The van der Waals surface area contributed by atoms with Crippen molar-refractivity contribution < 1.29 is 14.3 Å². The molecule has 7 heteroatoms. The summed E-state index contributed by atoms with van der Waals surface area (Å²) in [6.07, 6.45) is 6.91. The number of fused-ring (bicyclic) bond motifs is 1. The van der Waals surface area contributed by atoms with E-state index in [1.54, 1.807) is 23.8 Å². The van der Waals surface area contributed by atoms with E-state index in [4.69, 9.17) is 16.3 Å². The molecule has 0 radical (unpaired) electrons. The van der Waals surface area contributed by atoms with Crippen molar-refractivity contribution in [3.05, 3.63) is 39.8 Å². The molecule has 0 spiro atoms. The Morgan fingerprint density at radius 2 is 2.14 bits per heavy atom. The van der Waals surface area contributed by atoms with Crippen molar-refractivity contribution in [2.75, 3.05) is 26.8 Å². The minimum absolute atomic E-state index is 0.0693. The molecule has 1 aliphatic carbocycles. The SMILES string of the molecule is COCCCNC(=O)CN1C(=O)/C(=C\c2ccccc2Cl)SC2CCCCC21. The quantitative estimate of drug-likeness (QED) is 0.537. The third-order valence-corrected chi connectivity index (χ3v) is 6.91. The highest BCUT2D eigenvalue weighted by Crippen LogP contribution is 2.42. The molecule has 2 atom stereocenters. The Hall–Kier alpha value is -1.50. The van der Waals surface area contributed by atoms with Crippen LogP contribution in [0.1, 0.15) is 37.7 Å². The Morgan fingerprint density at radius 1 is 1.36 bits per heavy atom. The zero-order valence-corrected chi connectivity index (χ0v) is 17.7.